The van der Waals surface area contributed by atoms with Crippen molar-refractivity contribution < 1.29 is 9.00 Å². The van der Waals surface area contributed by atoms with Crippen molar-refractivity contribution in [1.82, 2.24) is 0 Å². The topological polar surface area (TPSA) is 34.1 Å². The third kappa shape index (κ3) is 6.96. The van der Waals surface area contributed by atoms with E-state index >= 15 is 0 Å². The number of allylic oxidation sites excluding steroid dienone is 4. The second kappa shape index (κ2) is 9.12. The maximum Gasteiger partial charge on any atom is 0.168 e. The standard InChI is InChI=1S/C21H30O2S/c1-16(2)8-7-14-21(5,6)15-13-20(18(4)22)24(23)19-11-9-17(3)10-12-19/h8-13H,7,14-15H2,1-6H3/b20-13+/t24-/m0/s1. The maximum atomic E-state index is 12.7. The van der Waals surface area contributed by atoms with Gasteiger partial charge in [-0.2, -0.15) is 0 Å². The first-order chi connectivity index (χ1) is 11.1. The van der Waals surface area contributed by atoms with Crippen LogP contribution in [0.15, 0.2) is 51.8 Å². The largest absolute Gasteiger partial charge is 0.294 e. The van der Waals surface area contributed by atoms with E-state index in [1.54, 1.807) is 0 Å². The molecule has 0 bridgehead atoms. The summed E-state index contributed by atoms with van der Waals surface area (Å²) in [6.45, 7) is 12.1. The van der Waals surface area contributed by atoms with E-state index < -0.39 is 10.8 Å². The van der Waals surface area contributed by atoms with Crippen molar-refractivity contribution in [2.24, 2.45) is 5.41 Å². The van der Waals surface area contributed by atoms with Crippen LogP contribution in [0.5, 0.6) is 0 Å². The molecule has 132 valence electrons. The highest BCUT2D eigenvalue weighted by Crippen LogP contribution is 2.29. The monoisotopic (exact) mass is 346 g/mol. The molecule has 24 heavy (non-hydrogen) atoms. The van der Waals surface area contributed by atoms with E-state index in [1.807, 2.05) is 37.3 Å². The Morgan fingerprint density at radius 2 is 1.67 bits per heavy atom. The van der Waals surface area contributed by atoms with E-state index in [4.69, 9.17) is 0 Å². The van der Waals surface area contributed by atoms with Gasteiger partial charge < -0.3 is 0 Å². The lowest BCUT2D eigenvalue weighted by Crippen LogP contribution is -2.12. The van der Waals surface area contributed by atoms with Crippen LogP contribution in [-0.4, -0.2) is 9.99 Å². The molecule has 0 saturated heterocycles. The minimum absolute atomic E-state index is 0.0735. The molecule has 0 unspecified atom stereocenters. The van der Waals surface area contributed by atoms with Gasteiger partial charge in [-0.15, -0.1) is 0 Å². The molecular formula is C21H30O2S. The summed E-state index contributed by atoms with van der Waals surface area (Å²) in [5.74, 6) is -0.117. The smallest absolute Gasteiger partial charge is 0.168 e. The van der Waals surface area contributed by atoms with Crippen molar-refractivity contribution >= 4 is 16.6 Å². The summed E-state index contributed by atoms with van der Waals surface area (Å²) >= 11 is 0. The molecule has 3 heteroatoms. The highest BCUT2D eigenvalue weighted by atomic mass is 32.2. The van der Waals surface area contributed by atoms with E-state index in [9.17, 15) is 9.00 Å². The minimum Gasteiger partial charge on any atom is -0.294 e. The highest BCUT2D eigenvalue weighted by molar-refractivity contribution is 7.90. The van der Waals surface area contributed by atoms with Gasteiger partial charge in [-0.3, -0.25) is 4.79 Å². The van der Waals surface area contributed by atoms with Gasteiger partial charge >= 0.3 is 0 Å². The lowest BCUT2D eigenvalue weighted by molar-refractivity contribution is -0.113. The Balaban J connectivity index is 2.89. The Kier molecular flexibility index (Phi) is 7.82. The van der Waals surface area contributed by atoms with Crippen LogP contribution in [0.25, 0.3) is 0 Å². The molecule has 0 aliphatic rings. The predicted octanol–water partition coefficient (Wildman–Crippen LogP) is 5.74. The van der Waals surface area contributed by atoms with E-state index in [0.717, 1.165) is 24.8 Å². The van der Waals surface area contributed by atoms with E-state index in [-0.39, 0.29) is 11.2 Å². The number of rotatable bonds is 8. The lowest BCUT2D eigenvalue weighted by Gasteiger charge is -2.22. The van der Waals surface area contributed by atoms with Crippen LogP contribution in [0.4, 0.5) is 0 Å². The van der Waals surface area contributed by atoms with Crippen LogP contribution in [0.1, 0.15) is 59.4 Å². The van der Waals surface area contributed by atoms with Crippen molar-refractivity contribution in [2.45, 2.75) is 65.7 Å². The fourth-order valence-corrected chi connectivity index (χ4v) is 3.49. The summed E-state index contributed by atoms with van der Waals surface area (Å²) in [4.78, 5) is 13.1. The molecule has 0 fully saturated rings. The zero-order valence-electron chi connectivity index (χ0n) is 15.8. The first-order valence-corrected chi connectivity index (χ1v) is 9.60. The average Bonchev–Trinajstić information content (AvgIpc) is 2.46. The van der Waals surface area contributed by atoms with Gasteiger partial charge in [0, 0.05) is 4.90 Å². The van der Waals surface area contributed by atoms with Gasteiger partial charge in [-0.1, -0.05) is 49.3 Å². The first-order valence-electron chi connectivity index (χ1n) is 8.45. The molecule has 0 aromatic heterocycles. The van der Waals surface area contributed by atoms with Crippen molar-refractivity contribution in [3.05, 3.63) is 52.5 Å². The number of carbonyl (C=O) groups excluding carboxylic acids is 1. The Morgan fingerprint density at radius 3 is 2.17 bits per heavy atom. The Hall–Kier alpha value is -1.48. The van der Waals surface area contributed by atoms with E-state index in [2.05, 4.69) is 33.8 Å². The van der Waals surface area contributed by atoms with Crippen molar-refractivity contribution in [1.29, 1.82) is 0 Å². The third-order valence-electron chi connectivity index (χ3n) is 4.00. The molecule has 0 N–H and O–H groups in total. The van der Waals surface area contributed by atoms with Gasteiger partial charge in [0.05, 0.1) is 15.7 Å². The van der Waals surface area contributed by atoms with Crippen LogP contribution in [0.3, 0.4) is 0 Å². The van der Waals surface area contributed by atoms with Crippen molar-refractivity contribution in [3.63, 3.8) is 0 Å². The van der Waals surface area contributed by atoms with Crippen LogP contribution < -0.4 is 0 Å². The predicted molar refractivity (Wildman–Crippen MR) is 103 cm³/mol. The SMILES string of the molecule is CC(=O)/C(=C\CC(C)(C)CCC=C(C)C)[S@@](=O)c1ccc(C)cc1. The van der Waals surface area contributed by atoms with Gasteiger partial charge in [-0.25, -0.2) is 4.21 Å². The summed E-state index contributed by atoms with van der Waals surface area (Å²) in [5, 5.41) is 0. The molecule has 0 aliphatic heterocycles. The fraction of sp³-hybridized carbons (Fsp3) is 0.476. The van der Waals surface area contributed by atoms with Crippen molar-refractivity contribution in [3.8, 4) is 0 Å². The lowest BCUT2D eigenvalue weighted by atomic mass is 9.84. The zero-order chi connectivity index (χ0) is 18.3. The number of Topliss-reactive ketones (excluding diaryl/α,β-unsaturated/α-hetero) is 1. The second-order valence-corrected chi connectivity index (χ2v) is 8.84. The summed E-state index contributed by atoms with van der Waals surface area (Å²) in [7, 11) is -1.41. The van der Waals surface area contributed by atoms with Gasteiger partial charge in [0.25, 0.3) is 0 Å². The number of hydrogen-bond acceptors (Lipinski definition) is 2. The molecule has 1 aromatic carbocycles. The van der Waals surface area contributed by atoms with Crippen LogP contribution in [0.2, 0.25) is 0 Å². The van der Waals surface area contributed by atoms with Gasteiger partial charge in [0.15, 0.2) is 5.78 Å². The molecule has 0 aliphatic carbocycles. The molecule has 0 saturated carbocycles. The Morgan fingerprint density at radius 1 is 1.08 bits per heavy atom. The third-order valence-corrected chi connectivity index (χ3v) is 5.55. The van der Waals surface area contributed by atoms with Crippen LogP contribution in [-0.2, 0) is 15.6 Å². The number of aryl methyl sites for hydroxylation is 1. The normalized spacial score (nSPS) is 13.5. The minimum atomic E-state index is -1.41. The maximum absolute atomic E-state index is 12.7. The van der Waals surface area contributed by atoms with Crippen LogP contribution >= 0.6 is 0 Å². The molecule has 0 heterocycles. The van der Waals surface area contributed by atoms with Crippen molar-refractivity contribution in [2.75, 3.05) is 0 Å². The average molecular weight is 347 g/mol. The molecule has 1 atom stereocenters. The molecule has 0 amide bonds. The fourth-order valence-electron chi connectivity index (χ4n) is 2.36. The van der Waals surface area contributed by atoms with Gasteiger partial charge in [0.2, 0.25) is 0 Å². The second-order valence-electron chi connectivity index (χ2n) is 7.39. The number of benzene rings is 1. The summed E-state index contributed by atoms with van der Waals surface area (Å²) in [6.07, 6.45) is 6.93. The Bertz CT molecular complexity index is 645. The van der Waals surface area contributed by atoms with Crippen LogP contribution in [0, 0.1) is 12.3 Å². The summed E-state index contributed by atoms with van der Waals surface area (Å²) < 4.78 is 12.7. The first kappa shape index (κ1) is 20.6. The molecule has 1 rings (SSSR count). The Labute approximate surface area is 149 Å². The zero-order valence-corrected chi connectivity index (χ0v) is 16.6. The number of ketones is 1. The quantitative estimate of drug-likeness (QED) is 0.444. The molecule has 2 nitrogen and oxygen atoms in total. The number of carbonyl (C=O) groups is 1. The van der Waals surface area contributed by atoms with E-state index in [0.29, 0.717) is 9.80 Å². The number of hydrogen-bond donors (Lipinski definition) is 0. The molecule has 0 spiro atoms. The molecule has 1 aromatic rings. The van der Waals surface area contributed by atoms with E-state index in [1.165, 1.54) is 12.5 Å². The van der Waals surface area contributed by atoms with Gasteiger partial charge in [0.1, 0.15) is 0 Å². The highest BCUT2D eigenvalue weighted by Gasteiger charge is 2.19. The molecule has 0 radical (unpaired) electrons. The summed E-state index contributed by atoms with van der Waals surface area (Å²) in [6, 6.07) is 7.52. The summed E-state index contributed by atoms with van der Waals surface area (Å²) in [5.41, 5.74) is 2.51. The molecular weight excluding hydrogens is 316 g/mol. The van der Waals surface area contributed by atoms with Gasteiger partial charge in [-0.05, 0) is 64.5 Å².